The summed E-state index contributed by atoms with van der Waals surface area (Å²) in [6, 6.07) is 10.3. The second-order valence-electron chi connectivity index (χ2n) is 7.03. The summed E-state index contributed by atoms with van der Waals surface area (Å²) in [6.45, 7) is 2.08. The van der Waals surface area contributed by atoms with E-state index in [1.54, 1.807) is 11.6 Å². The molecule has 0 aliphatic heterocycles. The summed E-state index contributed by atoms with van der Waals surface area (Å²) in [4.78, 5) is 9.45. The van der Waals surface area contributed by atoms with Crippen LogP contribution in [0.1, 0.15) is 39.0 Å². The first-order chi connectivity index (χ1) is 12.7. The Balaban J connectivity index is 1.78. The van der Waals surface area contributed by atoms with Crippen LogP contribution in [0.2, 0.25) is 0 Å². The van der Waals surface area contributed by atoms with Crippen LogP contribution in [0, 0.1) is 0 Å². The van der Waals surface area contributed by atoms with E-state index in [-0.39, 0.29) is 0 Å². The predicted molar refractivity (Wildman–Crippen MR) is 101 cm³/mol. The Kier molecular flexibility index (Phi) is 4.79. The fraction of sp³-hybridized carbons (Fsp3) is 0.474. The van der Waals surface area contributed by atoms with Gasteiger partial charge in [0.1, 0.15) is 0 Å². The van der Waals surface area contributed by atoms with Crippen molar-refractivity contribution < 1.29 is 5.11 Å². The van der Waals surface area contributed by atoms with Crippen molar-refractivity contribution in [2.75, 3.05) is 5.32 Å². The lowest BCUT2D eigenvalue weighted by Crippen LogP contribution is -2.23. The molecular weight excluding hydrogens is 328 g/mol. The molecule has 7 heteroatoms. The van der Waals surface area contributed by atoms with Crippen LogP contribution in [-0.2, 0) is 6.54 Å². The Morgan fingerprint density at radius 1 is 1.15 bits per heavy atom. The topological polar surface area (TPSA) is 88.8 Å². The van der Waals surface area contributed by atoms with Crippen LogP contribution in [-0.4, -0.2) is 42.2 Å². The van der Waals surface area contributed by atoms with Crippen molar-refractivity contribution in [3.05, 3.63) is 30.3 Å². The Bertz CT molecular complexity index is 870. The van der Waals surface area contributed by atoms with E-state index in [1.165, 1.54) is 19.3 Å². The molecule has 1 unspecified atom stereocenters. The summed E-state index contributed by atoms with van der Waals surface area (Å²) in [7, 11) is 0. The molecule has 2 N–H and O–H groups in total. The van der Waals surface area contributed by atoms with Gasteiger partial charge in [-0.2, -0.15) is 0 Å². The molecule has 1 saturated carbocycles. The second kappa shape index (κ2) is 7.37. The van der Waals surface area contributed by atoms with Crippen molar-refractivity contribution >= 4 is 17.0 Å². The molecule has 1 aliphatic rings. The van der Waals surface area contributed by atoms with Crippen molar-refractivity contribution in [1.29, 1.82) is 0 Å². The molecule has 0 saturated heterocycles. The number of nitrogens with one attached hydrogen (secondary N) is 1. The Hall–Kier alpha value is -2.54. The highest BCUT2D eigenvalue weighted by atomic mass is 16.3. The third-order valence-electron chi connectivity index (χ3n) is 4.78. The van der Waals surface area contributed by atoms with E-state index in [9.17, 15) is 5.11 Å². The standard InChI is InChI=1S/C19H24N6O/c1-13(26)12-25-19-16(23-24-25)18(20-15-10-6-3-7-11-15)21-17(22-19)14-8-4-2-5-9-14/h2,4-5,8-9,13,15,26H,3,6-7,10-12H2,1H3,(H,20,21,22). The summed E-state index contributed by atoms with van der Waals surface area (Å²) >= 11 is 0. The number of aliphatic hydroxyl groups is 1. The van der Waals surface area contributed by atoms with E-state index in [0.717, 1.165) is 24.2 Å². The molecule has 26 heavy (non-hydrogen) atoms. The number of fused-ring (bicyclic) bond motifs is 1. The maximum Gasteiger partial charge on any atom is 0.184 e. The number of benzene rings is 1. The van der Waals surface area contributed by atoms with E-state index in [1.807, 2.05) is 30.3 Å². The van der Waals surface area contributed by atoms with Crippen LogP contribution in [0.4, 0.5) is 5.82 Å². The van der Waals surface area contributed by atoms with Gasteiger partial charge < -0.3 is 10.4 Å². The summed E-state index contributed by atoms with van der Waals surface area (Å²) in [5, 5.41) is 21.8. The molecule has 4 rings (SSSR count). The Morgan fingerprint density at radius 2 is 1.92 bits per heavy atom. The number of aliphatic hydroxyl groups excluding tert-OH is 1. The molecule has 0 radical (unpaired) electrons. The summed E-state index contributed by atoms with van der Waals surface area (Å²) in [5.41, 5.74) is 2.26. The fourth-order valence-corrected chi connectivity index (χ4v) is 3.49. The number of rotatable bonds is 5. The molecule has 0 amide bonds. The predicted octanol–water partition coefficient (Wildman–Crippen LogP) is 3.01. The van der Waals surface area contributed by atoms with Gasteiger partial charge in [-0.15, -0.1) is 5.10 Å². The number of aromatic nitrogens is 5. The minimum absolute atomic E-state index is 0.352. The third kappa shape index (κ3) is 3.53. The van der Waals surface area contributed by atoms with Crippen molar-refractivity contribution in [2.24, 2.45) is 0 Å². The molecular formula is C19H24N6O. The van der Waals surface area contributed by atoms with Crippen molar-refractivity contribution in [2.45, 2.75) is 57.7 Å². The van der Waals surface area contributed by atoms with E-state index in [4.69, 9.17) is 4.98 Å². The first-order valence-electron chi connectivity index (χ1n) is 9.32. The van der Waals surface area contributed by atoms with Crippen LogP contribution < -0.4 is 5.32 Å². The lowest BCUT2D eigenvalue weighted by molar-refractivity contribution is 0.169. The van der Waals surface area contributed by atoms with Crippen LogP contribution in [0.3, 0.4) is 0 Å². The molecule has 3 aromatic rings. The van der Waals surface area contributed by atoms with Crippen molar-refractivity contribution in [3.63, 3.8) is 0 Å². The zero-order valence-electron chi connectivity index (χ0n) is 15.0. The van der Waals surface area contributed by atoms with E-state index < -0.39 is 6.10 Å². The molecule has 0 spiro atoms. The maximum atomic E-state index is 9.75. The fourth-order valence-electron chi connectivity index (χ4n) is 3.49. The number of nitrogens with zero attached hydrogens (tertiary/aromatic N) is 5. The highest BCUT2D eigenvalue weighted by Crippen LogP contribution is 2.27. The second-order valence-corrected chi connectivity index (χ2v) is 7.03. The Labute approximate surface area is 152 Å². The van der Waals surface area contributed by atoms with Gasteiger partial charge in [0.15, 0.2) is 22.8 Å². The highest BCUT2D eigenvalue weighted by molar-refractivity contribution is 5.84. The molecule has 1 aliphatic carbocycles. The van der Waals surface area contributed by atoms with Crippen LogP contribution in [0.25, 0.3) is 22.6 Å². The van der Waals surface area contributed by atoms with Crippen molar-refractivity contribution in [1.82, 2.24) is 25.0 Å². The SMILES string of the molecule is CC(O)Cn1nnc2c(NC3CCCCC3)nc(-c3ccccc3)nc21. The molecule has 7 nitrogen and oxygen atoms in total. The van der Waals surface area contributed by atoms with E-state index in [2.05, 4.69) is 20.6 Å². The van der Waals surface area contributed by atoms with Crippen LogP contribution >= 0.6 is 0 Å². The molecule has 1 atom stereocenters. The normalized spacial score (nSPS) is 16.7. The average molecular weight is 352 g/mol. The van der Waals surface area contributed by atoms with E-state index >= 15 is 0 Å². The minimum Gasteiger partial charge on any atom is -0.391 e. The van der Waals surface area contributed by atoms with Gasteiger partial charge >= 0.3 is 0 Å². The van der Waals surface area contributed by atoms with E-state index in [0.29, 0.717) is 29.6 Å². The highest BCUT2D eigenvalue weighted by Gasteiger charge is 2.20. The van der Waals surface area contributed by atoms with Crippen LogP contribution in [0.15, 0.2) is 30.3 Å². The van der Waals surface area contributed by atoms with Gasteiger partial charge in [0.05, 0.1) is 12.6 Å². The van der Waals surface area contributed by atoms with Gasteiger partial charge in [-0.05, 0) is 19.8 Å². The average Bonchev–Trinajstić information content (AvgIpc) is 3.06. The molecule has 2 heterocycles. The zero-order chi connectivity index (χ0) is 17.9. The largest absolute Gasteiger partial charge is 0.391 e. The molecule has 0 bridgehead atoms. The van der Waals surface area contributed by atoms with Gasteiger partial charge in [0.25, 0.3) is 0 Å². The van der Waals surface area contributed by atoms with Gasteiger partial charge in [-0.1, -0.05) is 54.8 Å². The maximum absolute atomic E-state index is 9.75. The lowest BCUT2D eigenvalue weighted by atomic mass is 9.95. The summed E-state index contributed by atoms with van der Waals surface area (Å²) in [6.07, 6.45) is 5.56. The van der Waals surface area contributed by atoms with Gasteiger partial charge in [0, 0.05) is 11.6 Å². The molecule has 1 fully saturated rings. The zero-order valence-corrected chi connectivity index (χ0v) is 15.0. The smallest absolute Gasteiger partial charge is 0.184 e. The Morgan fingerprint density at radius 3 is 2.65 bits per heavy atom. The minimum atomic E-state index is -0.523. The number of hydrogen-bond donors (Lipinski definition) is 2. The first-order valence-corrected chi connectivity index (χ1v) is 9.32. The lowest BCUT2D eigenvalue weighted by Gasteiger charge is -2.23. The van der Waals surface area contributed by atoms with Gasteiger partial charge in [-0.25, -0.2) is 14.6 Å². The number of anilines is 1. The third-order valence-corrected chi connectivity index (χ3v) is 4.78. The van der Waals surface area contributed by atoms with Gasteiger partial charge in [0.2, 0.25) is 0 Å². The summed E-state index contributed by atoms with van der Waals surface area (Å²) in [5.74, 6) is 1.38. The first kappa shape index (κ1) is 16.9. The summed E-state index contributed by atoms with van der Waals surface area (Å²) < 4.78 is 1.65. The molecule has 136 valence electrons. The quantitative estimate of drug-likeness (QED) is 0.734. The molecule has 1 aromatic carbocycles. The van der Waals surface area contributed by atoms with Gasteiger partial charge in [-0.3, -0.25) is 0 Å². The monoisotopic (exact) mass is 352 g/mol. The van der Waals surface area contributed by atoms with Crippen LogP contribution in [0.5, 0.6) is 0 Å². The molecule has 2 aromatic heterocycles. The van der Waals surface area contributed by atoms with Crippen molar-refractivity contribution in [3.8, 4) is 11.4 Å². The number of hydrogen-bond acceptors (Lipinski definition) is 6.